The van der Waals surface area contributed by atoms with Gasteiger partial charge in [-0.1, -0.05) is 6.92 Å². The molecule has 20 heavy (non-hydrogen) atoms. The van der Waals surface area contributed by atoms with Crippen LogP contribution in [0.25, 0.3) is 0 Å². The second kappa shape index (κ2) is 5.26. The molecule has 1 saturated heterocycles. The van der Waals surface area contributed by atoms with Crippen LogP contribution >= 0.6 is 0 Å². The Morgan fingerprint density at radius 3 is 2.60 bits per heavy atom. The van der Waals surface area contributed by atoms with Crippen molar-refractivity contribution in [1.82, 2.24) is 10.2 Å². The molecule has 0 aromatic rings. The maximum atomic E-state index is 12.2. The Labute approximate surface area is 120 Å². The number of carbonyl (C=O) groups excluding carboxylic acids is 1. The summed E-state index contributed by atoms with van der Waals surface area (Å²) in [6.07, 6.45) is 4.12. The van der Waals surface area contributed by atoms with E-state index in [-0.39, 0.29) is 11.9 Å². The van der Waals surface area contributed by atoms with E-state index < -0.39 is 11.4 Å². The number of piperidine rings is 1. The van der Waals surface area contributed by atoms with Gasteiger partial charge in [0.1, 0.15) is 0 Å². The second-order valence-corrected chi connectivity index (χ2v) is 7.28. The van der Waals surface area contributed by atoms with Crippen molar-refractivity contribution >= 4 is 12.0 Å². The molecule has 2 aliphatic rings. The molecule has 0 spiro atoms. The number of carboxylic acids is 1. The first-order chi connectivity index (χ1) is 9.24. The predicted molar refractivity (Wildman–Crippen MR) is 76.5 cm³/mol. The molecule has 114 valence electrons. The van der Waals surface area contributed by atoms with Crippen molar-refractivity contribution in [2.24, 2.45) is 16.7 Å². The number of urea groups is 1. The number of nitrogens with one attached hydrogen (secondary N) is 1. The van der Waals surface area contributed by atoms with Gasteiger partial charge in [0.25, 0.3) is 0 Å². The van der Waals surface area contributed by atoms with Gasteiger partial charge in [-0.25, -0.2) is 4.79 Å². The van der Waals surface area contributed by atoms with Gasteiger partial charge in [-0.2, -0.15) is 0 Å². The van der Waals surface area contributed by atoms with Gasteiger partial charge >= 0.3 is 12.0 Å². The number of hydrogen-bond donors (Lipinski definition) is 2. The number of carbonyl (C=O) groups is 2. The summed E-state index contributed by atoms with van der Waals surface area (Å²) in [5, 5.41) is 12.3. The molecule has 5 nitrogen and oxygen atoms in total. The lowest BCUT2D eigenvalue weighted by Gasteiger charge is -2.39. The molecule has 2 rings (SSSR count). The third-order valence-corrected chi connectivity index (χ3v) is 5.05. The fourth-order valence-corrected chi connectivity index (χ4v) is 2.72. The second-order valence-electron chi connectivity index (χ2n) is 7.28. The van der Waals surface area contributed by atoms with E-state index in [9.17, 15) is 14.7 Å². The summed E-state index contributed by atoms with van der Waals surface area (Å²) in [5.74, 6) is -0.758. The number of hydrogen-bond acceptors (Lipinski definition) is 2. The normalized spacial score (nSPS) is 25.1. The zero-order valence-corrected chi connectivity index (χ0v) is 12.7. The molecule has 0 bridgehead atoms. The van der Waals surface area contributed by atoms with Gasteiger partial charge in [-0.3, -0.25) is 4.79 Å². The summed E-state index contributed by atoms with van der Waals surface area (Å²) in [6, 6.07) is -0.0380. The first-order valence-electron chi connectivity index (χ1n) is 7.51. The van der Waals surface area contributed by atoms with E-state index in [0.717, 1.165) is 25.9 Å². The highest BCUT2D eigenvalue weighted by atomic mass is 16.4. The molecule has 1 aliphatic heterocycles. The van der Waals surface area contributed by atoms with Crippen LogP contribution in [-0.4, -0.2) is 41.6 Å². The molecule has 1 atom stereocenters. The average molecular weight is 282 g/mol. The molecule has 5 heteroatoms. The quantitative estimate of drug-likeness (QED) is 0.831. The van der Waals surface area contributed by atoms with Crippen LogP contribution in [0.15, 0.2) is 0 Å². The number of carboxylic acid groups (broad SMARTS) is 1. The Morgan fingerprint density at radius 1 is 1.40 bits per heavy atom. The standard InChI is InChI=1S/C15H26N2O3/c1-14(2,12(18)19)11-5-4-8-17(9-11)13(20)16-10-15(3)6-7-15/h11H,4-10H2,1-3H3,(H,16,20)(H,18,19). The zero-order chi connectivity index (χ0) is 15.0. The van der Waals surface area contributed by atoms with E-state index in [2.05, 4.69) is 12.2 Å². The van der Waals surface area contributed by atoms with Gasteiger partial charge < -0.3 is 15.3 Å². The van der Waals surface area contributed by atoms with E-state index >= 15 is 0 Å². The summed E-state index contributed by atoms with van der Waals surface area (Å²) in [6.45, 7) is 7.70. The summed E-state index contributed by atoms with van der Waals surface area (Å²) in [5.41, 5.74) is -0.480. The number of likely N-dealkylation sites (tertiary alicyclic amines) is 1. The van der Waals surface area contributed by atoms with Crippen LogP contribution in [0.3, 0.4) is 0 Å². The lowest BCUT2D eigenvalue weighted by molar-refractivity contribution is -0.151. The van der Waals surface area contributed by atoms with Gasteiger partial charge in [0, 0.05) is 19.6 Å². The minimum Gasteiger partial charge on any atom is -0.481 e. The highest BCUT2D eigenvalue weighted by molar-refractivity contribution is 5.76. The van der Waals surface area contributed by atoms with Crippen molar-refractivity contribution in [3.8, 4) is 0 Å². The lowest BCUT2D eigenvalue weighted by atomic mass is 9.74. The number of amides is 2. The molecule has 0 aromatic heterocycles. The SMILES string of the molecule is CC1(CNC(=O)N2CCCC(C(C)(C)C(=O)O)C2)CC1. The number of nitrogens with zero attached hydrogens (tertiary/aromatic N) is 1. The maximum Gasteiger partial charge on any atom is 0.317 e. The van der Waals surface area contributed by atoms with Gasteiger partial charge in [0.05, 0.1) is 5.41 Å². The fourth-order valence-electron chi connectivity index (χ4n) is 2.72. The van der Waals surface area contributed by atoms with E-state index in [0.29, 0.717) is 12.0 Å². The molecule has 2 fully saturated rings. The highest BCUT2D eigenvalue weighted by Crippen LogP contribution is 2.44. The van der Waals surface area contributed by atoms with Gasteiger partial charge in [0.15, 0.2) is 0 Å². The van der Waals surface area contributed by atoms with Crippen LogP contribution in [0.1, 0.15) is 46.5 Å². The van der Waals surface area contributed by atoms with Crippen molar-refractivity contribution in [2.75, 3.05) is 19.6 Å². The molecule has 1 heterocycles. The van der Waals surface area contributed by atoms with Crippen LogP contribution < -0.4 is 5.32 Å². The van der Waals surface area contributed by atoms with Gasteiger partial charge in [0.2, 0.25) is 0 Å². The lowest BCUT2D eigenvalue weighted by Crippen LogP contribution is -2.50. The van der Waals surface area contributed by atoms with Crippen LogP contribution in [-0.2, 0) is 4.79 Å². The van der Waals surface area contributed by atoms with E-state index in [1.54, 1.807) is 18.7 Å². The number of aliphatic carboxylic acids is 1. The smallest absolute Gasteiger partial charge is 0.317 e. The monoisotopic (exact) mass is 282 g/mol. The van der Waals surface area contributed by atoms with Crippen LogP contribution in [0, 0.1) is 16.7 Å². The average Bonchev–Trinajstić information content (AvgIpc) is 3.14. The van der Waals surface area contributed by atoms with E-state index in [4.69, 9.17) is 0 Å². The zero-order valence-electron chi connectivity index (χ0n) is 12.7. The summed E-state index contributed by atoms with van der Waals surface area (Å²) < 4.78 is 0. The van der Waals surface area contributed by atoms with Crippen molar-refractivity contribution in [2.45, 2.75) is 46.5 Å². The summed E-state index contributed by atoms with van der Waals surface area (Å²) >= 11 is 0. The third kappa shape index (κ3) is 3.25. The van der Waals surface area contributed by atoms with Crippen molar-refractivity contribution in [3.63, 3.8) is 0 Å². The minimum absolute atomic E-state index is 0.0241. The first-order valence-corrected chi connectivity index (χ1v) is 7.51. The minimum atomic E-state index is -0.782. The van der Waals surface area contributed by atoms with Crippen LogP contribution in [0.5, 0.6) is 0 Å². The maximum absolute atomic E-state index is 12.2. The Bertz CT molecular complexity index is 402. The largest absolute Gasteiger partial charge is 0.481 e. The van der Waals surface area contributed by atoms with Crippen molar-refractivity contribution < 1.29 is 14.7 Å². The molecule has 2 amide bonds. The summed E-state index contributed by atoms with van der Waals surface area (Å²) in [7, 11) is 0. The van der Waals surface area contributed by atoms with E-state index in [1.807, 2.05) is 0 Å². The van der Waals surface area contributed by atoms with Crippen LogP contribution in [0.2, 0.25) is 0 Å². The Hall–Kier alpha value is -1.26. The number of rotatable bonds is 4. The van der Waals surface area contributed by atoms with E-state index in [1.165, 1.54) is 12.8 Å². The summed E-state index contributed by atoms with van der Waals surface area (Å²) in [4.78, 5) is 25.3. The fraction of sp³-hybridized carbons (Fsp3) is 0.867. The Morgan fingerprint density at radius 2 is 2.05 bits per heavy atom. The van der Waals surface area contributed by atoms with Crippen LogP contribution in [0.4, 0.5) is 4.79 Å². The molecule has 1 aliphatic carbocycles. The Kier molecular flexibility index (Phi) is 3.98. The molecule has 2 N–H and O–H groups in total. The van der Waals surface area contributed by atoms with Gasteiger partial charge in [-0.15, -0.1) is 0 Å². The van der Waals surface area contributed by atoms with Crippen molar-refractivity contribution in [1.29, 1.82) is 0 Å². The molecule has 0 radical (unpaired) electrons. The molecule has 1 saturated carbocycles. The Balaban J connectivity index is 1.89. The third-order valence-electron chi connectivity index (χ3n) is 5.05. The molecular formula is C15H26N2O3. The molecular weight excluding hydrogens is 256 g/mol. The first kappa shape index (κ1) is 15.1. The molecule has 1 unspecified atom stereocenters. The molecule has 0 aromatic carbocycles. The van der Waals surface area contributed by atoms with Crippen molar-refractivity contribution in [3.05, 3.63) is 0 Å². The van der Waals surface area contributed by atoms with Gasteiger partial charge in [-0.05, 0) is 50.9 Å². The highest BCUT2D eigenvalue weighted by Gasteiger charge is 2.41. The topological polar surface area (TPSA) is 69.6 Å². The predicted octanol–water partition coefficient (Wildman–Crippen LogP) is 2.32.